The molecule has 104 valence electrons. The smallest absolute Gasteiger partial charge is 0.236 e. The average Bonchev–Trinajstić information content (AvgIpc) is 3.03. The number of rotatable bonds is 3. The Kier molecular flexibility index (Phi) is 4.19. The zero-order chi connectivity index (χ0) is 14.1. The van der Waals surface area contributed by atoms with Crippen molar-refractivity contribution in [2.24, 2.45) is 0 Å². The molecule has 0 saturated carbocycles. The van der Waals surface area contributed by atoms with Crippen molar-refractivity contribution >= 4 is 44.9 Å². The Labute approximate surface area is 135 Å². The van der Waals surface area contributed by atoms with Gasteiger partial charge >= 0.3 is 0 Å². The number of nitrogens with zero attached hydrogens (tertiary/aromatic N) is 1. The number of hydrogen-bond acceptors (Lipinski definition) is 3. The largest absolute Gasteiger partial charge is 0.340 e. The van der Waals surface area contributed by atoms with Gasteiger partial charge in [0.25, 0.3) is 0 Å². The van der Waals surface area contributed by atoms with Crippen LogP contribution in [0.1, 0.15) is 10.4 Å². The minimum atomic E-state index is 0.0285. The third-order valence-corrected chi connectivity index (χ3v) is 6.30. The van der Waals surface area contributed by atoms with Crippen LogP contribution in [0.3, 0.4) is 0 Å². The lowest BCUT2D eigenvalue weighted by molar-refractivity contribution is -0.129. The topological polar surface area (TPSA) is 20.3 Å². The molecule has 1 aromatic heterocycles. The highest BCUT2D eigenvalue weighted by molar-refractivity contribution is 9.10. The van der Waals surface area contributed by atoms with Crippen LogP contribution in [0.4, 0.5) is 0 Å². The number of halogens is 1. The van der Waals surface area contributed by atoms with E-state index >= 15 is 0 Å². The van der Waals surface area contributed by atoms with E-state index in [-0.39, 0.29) is 11.2 Å². The molecule has 1 unspecified atom stereocenters. The molecule has 2 aromatic rings. The van der Waals surface area contributed by atoms with Crippen molar-refractivity contribution in [3.63, 3.8) is 0 Å². The molecule has 1 atom stereocenters. The third-order valence-electron chi connectivity index (χ3n) is 3.31. The SMILES string of the molecule is CN(Cc1cc(Br)cs1)C(=O)C1Cc2ccccc2S1. The molecule has 5 heteroatoms. The monoisotopic (exact) mass is 367 g/mol. The lowest BCUT2D eigenvalue weighted by atomic mass is 10.1. The Hall–Kier alpha value is -0.780. The van der Waals surface area contributed by atoms with E-state index in [1.165, 1.54) is 15.3 Å². The standard InChI is InChI=1S/C15H14BrNOS2/c1-17(8-12-7-11(16)9-19-12)15(18)14-6-10-4-2-3-5-13(10)20-14/h2-5,7,9,14H,6,8H2,1H3. The van der Waals surface area contributed by atoms with Crippen molar-refractivity contribution in [1.82, 2.24) is 4.90 Å². The summed E-state index contributed by atoms with van der Waals surface area (Å²) in [5, 5.41) is 2.08. The zero-order valence-corrected chi connectivity index (χ0v) is 14.2. The summed E-state index contributed by atoms with van der Waals surface area (Å²) in [6.07, 6.45) is 0.845. The summed E-state index contributed by atoms with van der Waals surface area (Å²) in [6.45, 7) is 0.683. The van der Waals surface area contributed by atoms with Gasteiger partial charge in [0.2, 0.25) is 5.91 Å². The Morgan fingerprint density at radius 2 is 2.25 bits per heavy atom. The Bertz CT molecular complexity index is 615. The van der Waals surface area contributed by atoms with E-state index in [1.54, 1.807) is 23.1 Å². The van der Waals surface area contributed by atoms with Crippen molar-refractivity contribution in [3.05, 3.63) is 50.6 Å². The second-order valence-electron chi connectivity index (χ2n) is 4.84. The molecule has 1 amide bonds. The molecule has 0 radical (unpaired) electrons. The molecule has 20 heavy (non-hydrogen) atoms. The first-order chi connectivity index (χ1) is 9.63. The van der Waals surface area contributed by atoms with Gasteiger partial charge in [-0.2, -0.15) is 0 Å². The van der Waals surface area contributed by atoms with Crippen molar-refractivity contribution in [2.45, 2.75) is 23.1 Å². The third kappa shape index (κ3) is 2.95. The second-order valence-corrected chi connectivity index (χ2v) is 8.00. The summed E-state index contributed by atoms with van der Waals surface area (Å²) < 4.78 is 1.08. The summed E-state index contributed by atoms with van der Waals surface area (Å²) in [4.78, 5) is 16.8. The van der Waals surface area contributed by atoms with Crippen LogP contribution in [0.25, 0.3) is 0 Å². The molecule has 0 fully saturated rings. The van der Waals surface area contributed by atoms with Crippen LogP contribution in [0, 0.1) is 0 Å². The minimum Gasteiger partial charge on any atom is -0.340 e. The first kappa shape index (κ1) is 14.2. The number of carbonyl (C=O) groups is 1. The van der Waals surface area contributed by atoms with Crippen LogP contribution in [-0.4, -0.2) is 23.1 Å². The number of carbonyl (C=O) groups excluding carboxylic acids is 1. The van der Waals surface area contributed by atoms with Crippen LogP contribution in [-0.2, 0) is 17.8 Å². The molecule has 0 bridgehead atoms. The average molecular weight is 368 g/mol. The van der Waals surface area contributed by atoms with Crippen molar-refractivity contribution < 1.29 is 4.79 Å². The minimum absolute atomic E-state index is 0.0285. The van der Waals surface area contributed by atoms with Crippen LogP contribution in [0.2, 0.25) is 0 Å². The fourth-order valence-electron chi connectivity index (χ4n) is 2.31. The molecule has 3 rings (SSSR count). The summed E-state index contributed by atoms with van der Waals surface area (Å²) in [7, 11) is 1.89. The first-order valence-electron chi connectivity index (χ1n) is 6.36. The van der Waals surface area contributed by atoms with Crippen LogP contribution in [0.5, 0.6) is 0 Å². The number of benzene rings is 1. The Morgan fingerprint density at radius 3 is 2.95 bits per heavy atom. The van der Waals surface area contributed by atoms with E-state index < -0.39 is 0 Å². The lowest BCUT2D eigenvalue weighted by Gasteiger charge is -2.19. The number of thiophene rings is 1. The predicted molar refractivity (Wildman–Crippen MR) is 88.3 cm³/mol. The molecule has 0 N–H and O–H groups in total. The highest BCUT2D eigenvalue weighted by Crippen LogP contribution is 2.37. The van der Waals surface area contributed by atoms with Crippen LogP contribution in [0.15, 0.2) is 45.1 Å². The van der Waals surface area contributed by atoms with Crippen LogP contribution < -0.4 is 0 Å². The predicted octanol–water partition coefficient (Wildman–Crippen LogP) is 4.19. The molecule has 2 heterocycles. The molecule has 1 aliphatic heterocycles. The van der Waals surface area contributed by atoms with Crippen molar-refractivity contribution in [3.8, 4) is 0 Å². The molecule has 0 aliphatic carbocycles. The quantitative estimate of drug-likeness (QED) is 0.810. The van der Waals surface area contributed by atoms with Crippen LogP contribution >= 0.6 is 39.0 Å². The van der Waals surface area contributed by atoms with Crippen molar-refractivity contribution in [1.29, 1.82) is 0 Å². The maximum absolute atomic E-state index is 12.5. The summed E-state index contributed by atoms with van der Waals surface area (Å²) in [5.74, 6) is 0.218. The zero-order valence-electron chi connectivity index (χ0n) is 11.0. The Balaban J connectivity index is 1.65. The normalized spacial score (nSPS) is 17.0. The second kappa shape index (κ2) is 5.92. The summed E-state index contributed by atoms with van der Waals surface area (Å²) in [6, 6.07) is 10.4. The molecular weight excluding hydrogens is 354 g/mol. The van der Waals surface area contributed by atoms with Gasteiger partial charge in [0.15, 0.2) is 0 Å². The fraction of sp³-hybridized carbons (Fsp3) is 0.267. The molecule has 2 nitrogen and oxygen atoms in total. The molecule has 1 aromatic carbocycles. The first-order valence-corrected chi connectivity index (χ1v) is 8.91. The molecular formula is C15H14BrNOS2. The number of amides is 1. The number of thioether (sulfide) groups is 1. The van der Waals surface area contributed by atoms with Gasteiger partial charge in [-0.25, -0.2) is 0 Å². The van der Waals surface area contributed by atoms with Gasteiger partial charge < -0.3 is 4.90 Å². The van der Waals surface area contributed by atoms with E-state index in [9.17, 15) is 4.79 Å². The van der Waals surface area contributed by atoms with Gasteiger partial charge in [0.1, 0.15) is 0 Å². The van der Waals surface area contributed by atoms with Gasteiger partial charge in [-0.05, 0) is 40.0 Å². The lowest BCUT2D eigenvalue weighted by Crippen LogP contribution is -2.33. The summed E-state index contributed by atoms with van der Waals surface area (Å²) >= 11 is 6.82. The fourth-order valence-corrected chi connectivity index (χ4v) is 5.13. The molecule has 1 aliphatic rings. The van der Waals surface area contributed by atoms with Gasteiger partial charge in [0, 0.05) is 26.7 Å². The van der Waals surface area contributed by atoms with E-state index in [1.807, 2.05) is 29.5 Å². The summed E-state index contributed by atoms with van der Waals surface area (Å²) in [5.41, 5.74) is 1.29. The number of hydrogen-bond donors (Lipinski definition) is 0. The highest BCUT2D eigenvalue weighted by Gasteiger charge is 2.30. The maximum atomic E-state index is 12.5. The van der Waals surface area contributed by atoms with Gasteiger partial charge in [-0.1, -0.05) is 18.2 Å². The van der Waals surface area contributed by atoms with Gasteiger partial charge in [-0.15, -0.1) is 23.1 Å². The van der Waals surface area contributed by atoms with E-state index in [0.29, 0.717) is 6.54 Å². The Morgan fingerprint density at radius 1 is 1.45 bits per heavy atom. The van der Waals surface area contributed by atoms with E-state index in [4.69, 9.17) is 0 Å². The van der Waals surface area contributed by atoms with Gasteiger partial charge in [0.05, 0.1) is 11.8 Å². The molecule has 0 spiro atoms. The van der Waals surface area contributed by atoms with E-state index in [0.717, 1.165) is 10.9 Å². The van der Waals surface area contributed by atoms with Crippen molar-refractivity contribution in [2.75, 3.05) is 7.05 Å². The maximum Gasteiger partial charge on any atom is 0.236 e. The van der Waals surface area contributed by atoms with E-state index in [2.05, 4.69) is 34.1 Å². The molecule has 0 saturated heterocycles. The highest BCUT2D eigenvalue weighted by atomic mass is 79.9. The number of fused-ring (bicyclic) bond motifs is 1. The van der Waals surface area contributed by atoms with Gasteiger partial charge in [-0.3, -0.25) is 4.79 Å².